The maximum atomic E-state index is 11.1. The van der Waals surface area contributed by atoms with E-state index in [4.69, 9.17) is 0 Å². The van der Waals surface area contributed by atoms with E-state index >= 15 is 0 Å². The van der Waals surface area contributed by atoms with Gasteiger partial charge in [-0.15, -0.1) is 0 Å². The highest BCUT2D eigenvalue weighted by Crippen LogP contribution is 2.52. The minimum Gasteiger partial charge on any atom is -0.385 e. The molecule has 1 atom stereocenters. The van der Waals surface area contributed by atoms with Crippen LogP contribution < -0.4 is 0 Å². The number of hydrogen-bond acceptors (Lipinski definition) is 1. The summed E-state index contributed by atoms with van der Waals surface area (Å²) in [4.78, 5) is 0. The summed E-state index contributed by atoms with van der Waals surface area (Å²) in [5, 5.41) is 11.1. The van der Waals surface area contributed by atoms with Crippen molar-refractivity contribution < 1.29 is 5.11 Å². The number of aliphatic hydroxyl groups is 1. The average Bonchev–Trinajstić information content (AvgIpc) is 2.37. The molecule has 1 aliphatic carbocycles. The van der Waals surface area contributed by atoms with Gasteiger partial charge in [0.15, 0.2) is 0 Å². The van der Waals surface area contributed by atoms with Crippen molar-refractivity contribution in [3.05, 3.63) is 58.1 Å². The molecule has 0 bridgehead atoms. The van der Waals surface area contributed by atoms with Crippen LogP contribution in [0.3, 0.4) is 0 Å². The first-order chi connectivity index (χ1) is 8.85. The van der Waals surface area contributed by atoms with Crippen molar-refractivity contribution >= 4 is 15.9 Å². The molecule has 0 spiro atoms. The van der Waals surface area contributed by atoms with Crippen LogP contribution in [-0.2, 0) is 11.0 Å². The molecule has 1 unspecified atom stereocenters. The van der Waals surface area contributed by atoms with Gasteiger partial charge in [-0.3, -0.25) is 0 Å². The van der Waals surface area contributed by atoms with Crippen molar-refractivity contribution in [2.75, 3.05) is 0 Å². The molecule has 0 amide bonds. The van der Waals surface area contributed by atoms with Crippen LogP contribution in [0, 0.1) is 0 Å². The minimum atomic E-state index is -0.878. The first-order valence-electron chi connectivity index (χ1n) is 6.48. The molecule has 0 radical (unpaired) electrons. The maximum Gasteiger partial charge on any atom is 0.0965 e. The van der Waals surface area contributed by atoms with Crippen molar-refractivity contribution in [2.45, 2.75) is 31.8 Å². The number of rotatable bonds is 0. The van der Waals surface area contributed by atoms with E-state index in [1.165, 1.54) is 11.1 Å². The zero-order chi connectivity index (χ0) is 13.8. The van der Waals surface area contributed by atoms with Gasteiger partial charge in [-0.25, -0.2) is 0 Å². The van der Waals surface area contributed by atoms with Crippen LogP contribution in [0.1, 0.15) is 31.9 Å². The lowest BCUT2D eigenvalue weighted by Crippen LogP contribution is -2.45. The van der Waals surface area contributed by atoms with Crippen molar-refractivity contribution in [3.8, 4) is 11.1 Å². The molecule has 19 heavy (non-hydrogen) atoms. The molecule has 0 aliphatic heterocycles. The third kappa shape index (κ3) is 1.63. The van der Waals surface area contributed by atoms with Gasteiger partial charge in [-0.1, -0.05) is 60.1 Å². The molecular weight excluding hydrogens is 300 g/mol. The van der Waals surface area contributed by atoms with Crippen LogP contribution in [0.15, 0.2) is 46.9 Å². The van der Waals surface area contributed by atoms with Crippen molar-refractivity contribution in [2.24, 2.45) is 0 Å². The van der Waals surface area contributed by atoms with Crippen LogP contribution in [0.2, 0.25) is 0 Å². The Balaban J connectivity index is 2.43. The van der Waals surface area contributed by atoms with E-state index in [1.807, 2.05) is 25.1 Å². The van der Waals surface area contributed by atoms with Crippen molar-refractivity contribution in [1.29, 1.82) is 0 Å². The summed E-state index contributed by atoms with van der Waals surface area (Å²) in [7, 11) is 0. The van der Waals surface area contributed by atoms with E-state index in [9.17, 15) is 5.11 Å². The number of halogens is 1. The van der Waals surface area contributed by atoms with Gasteiger partial charge in [0.1, 0.15) is 0 Å². The molecule has 2 aromatic rings. The molecule has 0 saturated carbocycles. The quantitative estimate of drug-likeness (QED) is 0.752. The van der Waals surface area contributed by atoms with Crippen molar-refractivity contribution in [3.63, 3.8) is 0 Å². The molecule has 1 aliphatic rings. The molecule has 0 saturated heterocycles. The first kappa shape index (κ1) is 12.9. The molecule has 0 fully saturated rings. The Labute approximate surface area is 122 Å². The maximum absolute atomic E-state index is 11.1. The van der Waals surface area contributed by atoms with Gasteiger partial charge in [0, 0.05) is 9.89 Å². The summed E-state index contributed by atoms with van der Waals surface area (Å²) in [6, 6.07) is 14.5. The highest BCUT2D eigenvalue weighted by atomic mass is 79.9. The zero-order valence-corrected chi connectivity index (χ0v) is 13.0. The van der Waals surface area contributed by atoms with E-state index in [-0.39, 0.29) is 5.41 Å². The van der Waals surface area contributed by atoms with Gasteiger partial charge < -0.3 is 5.11 Å². The number of hydrogen-bond donors (Lipinski definition) is 1. The molecule has 98 valence electrons. The Kier molecular flexibility index (Phi) is 2.67. The smallest absolute Gasteiger partial charge is 0.0965 e. The van der Waals surface area contributed by atoms with Crippen LogP contribution in [-0.4, -0.2) is 5.11 Å². The molecule has 3 rings (SSSR count). The third-order valence-corrected chi connectivity index (χ3v) is 5.11. The predicted molar refractivity (Wildman–Crippen MR) is 82.2 cm³/mol. The Morgan fingerprint density at radius 2 is 1.58 bits per heavy atom. The topological polar surface area (TPSA) is 20.2 Å². The predicted octanol–water partition coefficient (Wildman–Crippen LogP) is 4.61. The van der Waals surface area contributed by atoms with Crippen LogP contribution in [0.5, 0.6) is 0 Å². The number of benzene rings is 2. The SMILES string of the molecule is CC1(C)c2ccccc2-c2cc(Br)ccc2C1(C)O. The Morgan fingerprint density at radius 1 is 0.895 bits per heavy atom. The molecular formula is C17H17BrO. The highest BCUT2D eigenvalue weighted by molar-refractivity contribution is 9.10. The standard InChI is InChI=1S/C17H17BrO/c1-16(2)14-7-5-4-6-12(14)13-10-11(18)8-9-15(13)17(16,3)19/h4-10,19H,1-3H3. The zero-order valence-electron chi connectivity index (χ0n) is 11.4. The van der Waals surface area contributed by atoms with E-state index in [2.05, 4.69) is 54.0 Å². The van der Waals surface area contributed by atoms with E-state index in [0.717, 1.165) is 15.6 Å². The molecule has 2 aromatic carbocycles. The van der Waals surface area contributed by atoms with E-state index in [1.54, 1.807) is 0 Å². The Bertz CT molecular complexity index is 656. The second-order valence-corrected chi connectivity index (χ2v) is 6.85. The fourth-order valence-electron chi connectivity index (χ4n) is 3.03. The molecule has 0 heterocycles. The highest BCUT2D eigenvalue weighted by Gasteiger charge is 2.47. The largest absolute Gasteiger partial charge is 0.385 e. The lowest BCUT2D eigenvalue weighted by Gasteiger charge is -2.46. The van der Waals surface area contributed by atoms with Crippen molar-refractivity contribution in [1.82, 2.24) is 0 Å². The van der Waals surface area contributed by atoms with Gasteiger partial charge in [0.25, 0.3) is 0 Å². The summed E-state index contributed by atoms with van der Waals surface area (Å²) in [6.07, 6.45) is 0. The summed E-state index contributed by atoms with van der Waals surface area (Å²) >= 11 is 3.53. The monoisotopic (exact) mass is 316 g/mol. The molecule has 1 N–H and O–H groups in total. The second kappa shape index (κ2) is 3.94. The third-order valence-electron chi connectivity index (χ3n) is 4.61. The van der Waals surface area contributed by atoms with Crippen LogP contribution >= 0.6 is 15.9 Å². The van der Waals surface area contributed by atoms with Gasteiger partial charge in [-0.2, -0.15) is 0 Å². The number of fused-ring (bicyclic) bond motifs is 3. The van der Waals surface area contributed by atoms with Gasteiger partial charge in [0.2, 0.25) is 0 Å². The second-order valence-electron chi connectivity index (χ2n) is 5.93. The summed E-state index contributed by atoms with van der Waals surface area (Å²) in [5.41, 5.74) is 3.34. The fraction of sp³-hybridized carbons (Fsp3) is 0.294. The lowest BCUT2D eigenvalue weighted by atomic mass is 9.61. The summed E-state index contributed by atoms with van der Waals surface area (Å²) in [6.45, 7) is 6.13. The normalized spacial score (nSPS) is 23.6. The Hall–Kier alpha value is -1.12. The summed E-state index contributed by atoms with van der Waals surface area (Å²) in [5.74, 6) is 0. The average molecular weight is 317 g/mol. The van der Waals surface area contributed by atoms with Crippen LogP contribution in [0.25, 0.3) is 11.1 Å². The van der Waals surface area contributed by atoms with Gasteiger partial charge in [0.05, 0.1) is 5.60 Å². The Morgan fingerprint density at radius 3 is 2.32 bits per heavy atom. The van der Waals surface area contributed by atoms with Crippen LogP contribution in [0.4, 0.5) is 0 Å². The summed E-state index contributed by atoms with van der Waals surface area (Å²) < 4.78 is 1.04. The first-order valence-corrected chi connectivity index (χ1v) is 7.27. The minimum absolute atomic E-state index is 0.315. The van der Waals surface area contributed by atoms with Gasteiger partial charge in [-0.05, 0) is 41.3 Å². The molecule has 2 heteroatoms. The lowest BCUT2D eigenvalue weighted by molar-refractivity contribution is -0.0152. The van der Waals surface area contributed by atoms with Gasteiger partial charge >= 0.3 is 0 Å². The fourth-order valence-corrected chi connectivity index (χ4v) is 3.39. The van der Waals surface area contributed by atoms with E-state index < -0.39 is 5.60 Å². The molecule has 0 aromatic heterocycles. The van der Waals surface area contributed by atoms with E-state index in [0.29, 0.717) is 0 Å². The molecule has 1 nitrogen and oxygen atoms in total.